The van der Waals surface area contributed by atoms with Crippen molar-refractivity contribution in [1.82, 2.24) is 15.6 Å². The highest BCUT2D eigenvalue weighted by atomic mass is 32.2. The number of amides is 2. The average Bonchev–Trinajstić information content (AvgIpc) is 3.31. The first-order valence-corrected chi connectivity index (χ1v) is 11.2. The van der Waals surface area contributed by atoms with Crippen molar-refractivity contribution in [2.45, 2.75) is 51.8 Å². The zero-order valence-electron chi connectivity index (χ0n) is 16.8. The Morgan fingerprint density at radius 2 is 2.03 bits per heavy atom. The number of fused-ring (bicyclic) bond motifs is 4. The van der Waals surface area contributed by atoms with Gasteiger partial charge < -0.3 is 15.4 Å². The average molecular weight is 439 g/mol. The number of carbonyl (C=O) groups is 3. The molecule has 10 heteroatoms. The van der Waals surface area contributed by atoms with Crippen molar-refractivity contribution >= 4 is 45.9 Å². The zero-order valence-corrected chi connectivity index (χ0v) is 18.5. The molecule has 0 aliphatic carbocycles. The van der Waals surface area contributed by atoms with Gasteiger partial charge in [-0.05, 0) is 6.92 Å². The molecule has 2 N–H and O–H groups in total. The number of nitrogens with zero attached hydrogens (tertiary/aromatic N) is 2. The molecule has 2 unspecified atom stereocenters. The van der Waals surface area contributed by atoms with Gasteiger partial charge in [0.2, 0.25) is 11.8 Å². The van der Waals surface area contributed by atoms with Crippen LogP contribution < -0.4 is 10.6 Å². The predicted octanol–water partition coefficient (Wildman–Crippen LogP) is 2.05. The summed E-state index contributed by atoms with van der Waals surface area (Å²) >= 11 is 2.85. The standard InChI is InChI=1S/C16H18N4O4S2.C3H8/c1-3-9-4-11(21)17-5-12-19-10(7-25-12)14-20-16(2,8-26-14)15(23)18-6-13(22)24-9;1-3-2/h3,7,9H,1,4-6,8H2,2H3,(H,17,21)(H,18,23);3H2,1-2H3. The summed E-state index contributed by atoms with van der Waals surface area (Å²) in [7, 11) is 0. The van der Waals surface area contributed by atoms with Gasteiger partial charge in [0, 0.05) is 11.1 Å². The van der Waals surface area contributed by atoms with Crippen LogP contribution in [-0.4, -0.2) is 51.8 Å². The lowest BCUT2D eigenvalue weighted by atomic mass is 10.1. The molecule has 2 atom stereocenters. The third kappa shape index (κ3) is 6.40. The fourth-order valence-corrected chi connectivity index (χ4v) is 4.32. The second kappa shape index (κ2) is 10.5. The van der Waals surface area contributed by atoms with Crippen LogP contribution in [0.2, 0.25) is 0 Å². The van der Waals surface area contributed by atoms with Crippen LogP contribution in [0.4, 0.5) is 0 Å². The van der Waals surface area contributed by atoms with E-state index in [2.05, 4.69) is 41.0 Å². The van der Waals surface area contributed by atoms with E-state index in [9.17, 15) is 14.4 Å². The SMILES string of the molecule is C=CC1CC(=O)NCc2nc(cs2)C2=NC(C)(CS2)C(=O)NCC(=O)O1.CCC. The predicted molar refractivity (Wildman–Crippen MR) is 115 cm³/mol. The Balaban J connectivity index is 0.000000941. The van der Waals surface area contributed by atoms with E-state index < -0.39 is 17.6 Å². The van der Waals surface area contributed by atoms with Crippen LogP contribution in [0.15, 0.2) is 23.0 Å². The summed E-state index contributed by atoms with van der Waals surface area (Å²) in [5, 5.41) is 8.57. The molecule has 158 valence electrons. The lowest BCUT2D eigenvalue weighted by Gasteiger charge is -2.19. The number of thioether (sulfide) groups is 1. The van der Waals surface area contributed by atoms with Crippen LogP contribution >= 0.6 is 23.1 Å². The molecule has 0 saturated carbocycles. The maximum Gasteiger partial charge on any atom is 0.326 e. The number of cyclic esters (lactones) is 1. The van der Waals surface area contributed by atoms with E-state index in [1.165, 1.54) is 35.6 Å². The van der Waals surface area contributed by atoms with E-state index in [0.29, 0.717) is 16.5 Å². The van der Waals surface area contributed by atoms with E-state index in [0.717, 1.165) is 5.01 Å². The minimum atomic E-state index is -0.965. The Morgan fingerprint density at radius 3 is 2.72 bits per heavy atom. The maximum atomic E-state index is 12.5. The number of rotatable bonds is 1. The lowest BCUT2D eigenvalue weighted by molar-refractivity contribution is -0.148. The molecule has 8 nitrogen and oxygen atoms in total. The maximum absolute atomic E-state index is 12.5. The molecule has 0 aromatic carbocycles. The summed E-state index contributed by atoms with van der Waals surface area (Å²) in [6, 6.07) is 0. The van der Waals surface area contributed by atoms with Crippen molar-refractivity contribution in [2.75, 3.05) is 12.3 Å². The number of carbonyl (C=O) groups excluding carboxylic acids is 3. The van der Waals surface area contributed by atoms with E-state index in [-0.39, 0.29) is 31.3 Å². The summed E-state index contributed by atoms with van der Waals surface area (Å²) in [4.78, 5) is 45.4. The quantitative estimate of drug-likeness (QED) is 0.513. The molecule has 2 amide bonds. The molecule has 1 aromatic heterocycles. The summed E-state index contributed by atoms with van der Waals surface area (Å²) in [6.45, 7) is 9.52. The van der Waals surface area contributed by atoms with Gasteiger partial charge in [-0.2, -0.15) is 0 Å². The van der Waals surface area contributed by atoms with Crippen LogP contribution in [0.1, 0.15) is 44.3 Å². The molecule has 0 spiro atoms. The first kappa shape index (κ1) is 23.1. The van der Waals surface area contributed by atoms with Crippen molar-refractivity contribution in [2.24, 2.45) is 4.99 Å². The van der Waals surface area contributed by atoms with Crippen LogP contribution in [0.25, 0.3) is 0 Å². The molecule has 4 bridgehead atoms. The molecule has 0 radical (unpaired) electrons. The van der Waals surface area contributed by atoms with Gasteiger partial charge in [0.1, 0.15) is 33.9 Å². The smallest absolute Gasteiger partial charge is 0.326 e. The van der Waals surface area contributed by atoms with Crippen molar-refractivity contribution in [3.05, 3.63) is 28.7 Å². The Labute approximate surface area is 178 Å². The second-order valence-corrected chi connectivity index (χ2v) is 8.65. The van der Waals surface area contributed by atoms with E-state index >= 15 is 0 Å². The number of hydrogen-bond acceptors (Lipinski definition) is 8. The fraction of sp³-hybridized carbons (Fsp3) is 0.526. The monoisotopic (exact) mass is 438 g/mol. The number of esters is 1. The van der Waals surface area contributed by atoms with Gasteiger partial charge in [-0.1, -0.05) is 32.9 Å². The zero-order chi connectivity index (χ0) is 21.4. The summed E-state index contributed by atoms with van der Waals surface area (Å²) in [5.74, 6) is -0.810. The first-order valence-electron chi connectivity index (χ1n) is 9.35. The number of aromatic nitrogens is 1. The molecule has 29 heavy (non-hydrogen) atoms. The Kier molecular flexibility index (Phi) is 8.39. The number of thiazole rings is 1. The van der Waals surface area contributed by atoms with Gasteiger partial charge in [0.05, 0.1) is 13.0 Å². The molecular formula is C19H26N4O4S2. The Morgan fingerprint density at radius 1 is 1.31 bits per heavy atom. The van der Waals surface area contributed by atoms with Crippen molar-refractivity contribution in [3.63, 3.8) is 0 Å². The number of ether oxygens (including phenoxy) is 1. The van der Waals surface area contributed by atoms with E-state index in [4.69, 9.17) is 4.74 Å². The van der Waals surface area contributed by atoms with Crippen LogP contribution in [0.5, 0.6) is 0 Å². The van der Waals surface area contributed by atoms with Gasteiger partial charge in [-0.25, -0.2) is 4.98 Å². The van der Waals surface area contributed by atoms with Gasteiger partial charge >= 0.3 is 5.97 Å². The van der Waals surface area contributed by atoms with Gasteiger partial charge in [-0.3, -0.25) is 19.4 Å². The molecular weight excluding hydrogens is 412 g/mol. The molecule has 2 aliphatic heterocycles. The molecule has 2 aliphatic rings. The number of hydrogen-bond donors (Lipinski definition) is 2. The number of nitrogens with one attached hydrogen (secondary N) is 2. The second-order valence-electron chi connectivity index (χ2n) is 6.74. The van der Waals surface area contributed by atoms with Gasteiger partial charge in [0.15, 0.2) is 0 Å². The minimum absolute atomic E-state index is 0.0400. The highest BCUT2D eigenvalue weighted by Crippen LogP contribution is 2.31. The summed E-state index contributed by atoms with van der Waals surface area (Å²) in [5.41, 5.74) is -0.274. The van der Waals surface area contributed by atoms with Crippen molar-refractivity contribution in [3.8, 4) is 0 Å². The topological polar surface area (TPSA) is 110 Å². The van der Waals surface area contributed by atoms with E-state index in [1.54, 1.807) is 6.92 Å². The van der Waals surface area contributed by atoms with Gasteiger partial charge in [-0.15, -0.1) is 23.1 Å². The third-order valence-corrected chi connectivity index (χ3v) is 5.99. The molecule has 1 aromatic rings. The summed E-state index contributed by atoms with van der Waals surface area (Å²) in [6.07, 6.45) is 1.83. The summed E-state index contributed by atoms with van der Waals surface area (Å²) < 4.78 is 5.17. The van der Waals surface area contributed by atoms with Crippen molar-refractivity contribution in [1.29, 1.82) is 0 Å². The largest absolute Gasteiger partial charge is 0.456 e. The molecule has 3 heterocycles. The number of aliphatic imine (C=N–C) groups is 1. The van der Waals surface area contributed by atoms with Crippen LogP contribution in [0.3, 0.4) is 0 Å². The highest BCUT2D eigenvalue weighted by molar-refractivity contribution is 8.14. The molecule has 3 rings (SSSR count). The molecule has 0 fully saturated rings. The van der Waals surface area contributed by atoms with Crippen LogP contribution in [-0.2, 0) is 25.7 Å². The normalized spacial score (nSPS) is 25.0. The highest BCUT2D eigenvalue weighted by Gasteiger charge is 2.39. The third-order valence-electron chi connectivity index (χ3n) is 3.86. The van der Waals surface area contributed by atoms with Gasteiger partial charge in [0.25, 0.3) is 0 Å². The molecule has 0 saturated heterocycles. The Bertz CT molecular complexity index is 808. The van der Waals surface area contributed by atoms with Crippen LogP contribution in [0, 0.1) is 0 Å². The Hall–Kier alpha value is -2.20. The minimum Gasteiger partial charge on any atom is -0.456 e. The van der Waals surface area contributed by atoms with Crippen molar-refractivity contribution < 1.29 is 19.1 Å². The van der Waals surface area contributed by atoms with E-state index in [1.807, 2.05) is 5.38 Å². The fourth-order valence-electron chi connectivity index (χ4n) is 2.39. The lowest BCUT2D eigenvalue weighted by Crippen LogP contribution is -2.46. The first-order chi connectivity index (χ1) is 13.8.